The molecule has 0 saturated carbocycles. The lowest BCUT2D eigenvalue weighted by Gasteiger charge is -2.20. The van der Waals surface area contributed by atoms with Gasteiger partial charge in [-0.15, -0.1) is 0 Å². The quantitative estimate of drug-likeness (QED) is 0.598. The third-order valence-electron chi connectivity index (χ3n) is 5.00. The minimum Gasteiger partial charge on any atom is -0.452 e. The van der Waals surface area contributed by atoms with Crippen molar-refractivity contribution in [1.29, 1.82) is 0 Å². The highest BCUT2D eigenvalue weighted by Gasteiger charge is 2.37. The summed E-state index contributed by atoms with van der Waals surface area (Å²) in [5, 5.41) is 2.72. The number of esters is 1. The van der Waals surface area contributed by atoms with Crippen molar-refractivity contribution in [3.8, 4) is 0 Å². The van der Waals surface area contributed by atoms with Gasteiger partial charge in [0.05, 0.1) is 11.6 Å². The van der Waals surface area contributed by atoms with E-state index in [2.05, 4.69) is 10.3 Å². The maximum absolute atomic E-state index is 12.5. The number of aromatic nitrogens is 1. The van der Waals surface area contributed by atoms with Crippen molar-refractivity contribution in [3.05, 3.63) is 52.8 Å². The molecule has 1 N–H and O–H groups in total. The summed E-state index contributed by atoms with van der Waals surface area (Å²) in [6.07, 6.45) is 0.513. The van der Waals surface area contributed by atoms with Gasteiger partial charge in [-0.3, -0.25) is 14.4 Å². The third-order valence-corrected chi connectivity index (χ3v) is 5.31. The number of halogens is 1. The molecule has 1 aliphatic heterocycles. The lowest BCUT2D eigenvalue weighted by Crippen LogP contribution is -2.33. The van der Waals surface area contributed by atoms with Gasteiger partial charge in [0, 0.05) is 24.8 Å². The van der Waals surface area contributed by atoms with E-state index < -0.39 is 23.9 Å². The number of hydrogen-bond acceptors (Lipinski definition) is 5. The minimum atomic E-state index is -1.04. The third kappa shape index (κ3) is 4.56. The molecule has 1 fully saturated rings. The molecule has 2 atom stereocenters. The van der Waals surface area contributed by atoms with Gasteiger partial charge in [-0.05, 0) is 50.1 Å². The molecule has 0 radical (unpaired) electrons. The van der Waals surface area contributed by atoms with E-state index in [1.54, 1.807) is 17.0 Å². The molecule has 152 valence electrons. The number of rotatable bonds is 5. The second-order valence-electron chi connectivity index (χ2n) is 7.03. The van der Waals surface area contributed by atoms with Crippen LogP contribution in [-0.2, 0) is 19.1 Å². The SMILES string of the molecule is Cc1cccc(N2C[C@@H](C(=O)O[C@@H](C)C(=O)Nc3cccnc3Cl)CC2=O)c1C. The van der Waals surface area contributed by atoms with Crippen molar-refractivity contribution >= 4 is 40.8 Å². The molecular formula is C21H22ClN3O4. The first-order chi connectivity index (χ1) is 13.8. The normalized spacial score (nSPS) is 17.2. The number of hydrogen-bond donors (Lipinski definition) is 1. The van der Waals surface area contributed by atoms with Crippen molar-refractivity contribution in [2.45, 2.75) is 33.3 Å². The van der Waals surface area contributed by atoms with Gasteiger partial charge < -0.3 is 15.0 Å². The first kappa shape index (κ1) is 20.8. The van der Waals surface area contributed by atoms with E-state index in [0.717, 1.165) is 16.8 Å². The molecule has 1 saturated heterocycles. The fourth-order valence-corrected chi connectivity index (χ4v) is 3.33. The van der Waals surface area contributed by atoms with E-state index in [0.29, 0.717) is 5.69 Å². The fourth-order valence-electron chi connectivity index (χ4n) is 3.16. The number of carbonyl (C=O) groups is 3. The number of nitrogens with one attached hydrogen (secondary N) is 1. The summed E-state index contributed by atoms with van der Waals surface area (Å²) in [6.45, 7) is 5.61. The lowest BCUT2D eigenvalue weighted by atomic mass is 10.1. The van der Waals surface area contributed by atoms with Gasteiger partial charge in [0.2, 0.25) is 5.91 Å². The predicted octanol–water partition coefficient (Wildman–Crippen LogP) is 3.28. The summed E-state index contributed by atoms with van der Waals surface area (Å²) in [5.74, 6) is -1.87. The van der Waals surface area contributed by atoms with Crippen LogP contribution >= 0.6 is 11.6 Å². The number of carbonyl (C=O) groups excluding carboxylic acids is 3. The first-order valence-corrected chi connectivity index (χ1v) is 9.64. The topological polar surface area (TPSA) is 88.6 Å². The van der Waals surface area contributed by atoms with Gasteiger partial charge in [-0.2, -0.15) is 0 Å². The van der Waals surface area contributed by atoms with Crippen LogP contribution in [-0.4, -0.2) is 35.4 Å². The standard InChI is InChI=1S/C21H22ClN3O4/c1-12-6-4-8-17(13(12)2)25-11-15(10-18(25)26)21(28)29-14(3)20(27)24-16-7-5-9-23-19(16)22/h4-9,14-15H,10-11H2,1-3H3,(H,24,27)/t14-,15-/m0/s1. The van der Waals surface area contributed by atoms with Crippen LogP contribution in [0.2, 0.25) is 5.15 Å². The van der Waals surface area contributed by atoms with E-state index in [1.807, 2.05) is 32.0 Å². The fraction of sp³-hybridized carbons (Fsp3) is 0.333. The number of nitrogens with zero attached hydrogens (tertiary/aromatic N) is 2. The van der Waals surface area contributed by atoms with E-state index in [4.69, 9.17) is 16.3 Å². The molecule has 7 nitrogen and oxygen atoms in total. The highest BCUT2D eigenvalue weighted by molar-refractivity contribution is 6.32. The second-order valence-corrected chi connectivity index (χ2v) is 7.39. The predicted molar refractivity (Wildman–Crippen MR) is 110 cm³/mol. The van der Waals surface area contributed by atoms with Crippen molar-refractivity contribution in [1.82, 2.24) is 4.98 Å². The maximum atomic E-state index is 12.5. The number of ether oxygens (including phenoxy) is 1. The van der Waals surface area contributed by atoms with Gasteiger partial charge in [0.25, 0.3) is 5.91 Å². The summed E-state index contributed by atoms with van der Waals surface area (Å²) in [6, 6.07) is 8.94. The van der Waals surface area contributed by atoms with Crippen LogP contribution in [0, 0.1) is 19.8 Å². The van der Waals surface area contributed by atoms with Crippen LogP contribution in [0.4, 0.5) is 11.4 Å². The summed E-state index contributed by atoms with van der Waals surface area (Å²) >= 11 is 5.92. The molecule has 0 aliphatic carbocycles. The largest absolute Gasteiger partial charge is 0.452 e. The molecule has 1 aromatic carbocycles. The Kier molecular flexibility index (Phi) is 6.17. The minimum absolute atomic E-state index is 0.0506. The van der Waals surface area contributed by atoms with E-state index >= 15 is 0 Å². The van der Waals surface area contributed by atoms with Crippen LogP contribution in [0.3, 0.4) is 0 Å². The summed E-state index contributed by atoms with van der Waals surface area (Å²) in [5.41, 5.74) is 3.19. The zero-order chi connectivity index (χ0) is 21.1. The molecular weight excluding hydrogens is 394 g/mol. The van der Waals surface area contributed by atoms with Crippen LogP contribution in [0.1, 0.15) is 24.5 Å². The lowest BCUT2D eigenvalue weighted by molar-refractivity contribution is -0.157. The zero-order valence-electron chi connectivity index (χ0n) is 16.4. The number of pyridine rings is 1. The number of amides is 2. The van der Waals surface area contributed by atoms with Gasteiger partial charge >= 0.3 is 5.97 Å². The molecule has 2 amide bonds. The number of anilines is 2. The molecule has 0 spiro atoms. The Morgan fingerprint density at radius 3 is 2.76 bits per heavy atom. The van der Waals surface area contributed by atoms with Crippen LogP contribution in [0.5, 0.6) is 0 Å². The van der Waals surface area contributed by atoms with Gasteiger partial charge in [-0.25, -0.2) is 4.98 Å². The van der Waals surface area contributed by atoms with Crippen molar-refractivity contribution in [2.75, 3.05) is 16.8 Å². The Hall–Kier alpha value is -2.93. The number of benzene rings is 1. The molecule has 0 bridgehead atoms. The smallest absolute Gasteiger partial charge is 0.312 e. The first-order valence-electron chi connectivity index (χ1n) is 9.26. The second kappa shape index (κ2) is 8.61. The highest BCUT2D eigenvalue weighted by atomic mass is 35.5. The van der Waals surface area contributed by atoms with Crippen molar-refractivity contribution in [3.63, 3.8) is 0 Å². The van der Waals surface area contributed by atoms with Gasteiger partial charge in [-0.1, -0.05) is 23.7 Å². The summed E-state index contributed by atoms with van der Waals surface area (Å²) in [4.78, 5) is 42.8. The highest BCUT2D eigenvalue weighted by Crippen LogP contribution is 2.30. The molecule has 1 aliphatic rings. The Bertz CT molecular complexity index is 963. The summed E-state index contributed by atoms with van der Waals surface area (Å²) < 4.78 is 5.30. The molecule has 29 heavy (non-hydrogen) atoms. The van der Waals surface area contributed by atoms with Gasteiger partial charge in [0.1, 0.15) is 0 Å². The molecule has 2 aromatic rings. The van der Waals surface area contributed by atoms with Crippen molar-refractivity contribution in [2.24, 2.45) is 5.92 Å². The van der Waals surface area contributed by atoms with Crippen molar-refractivity contribution < 1.29 is 19.1 Å². The zero-order valence-corrected chi connectivity index (χ0v) is 17.2. The Morgan fingerprint density at radius 1 is 1.28 bits per heavy atom. The number of aryl methyl sites for hydroxylation is 1. The van der Waals surface area contributed by atoms with Gasteiger partial charge in [0.15, 0.2) is 11.3 Å². The monoisotopic (exact) mass is 415 g/mol. The van der Waals surface area contributed by atoms with Crippen LogP contribution < -0.4 is 10.2 Å². The Morgan fingerprint density at radius 2 is 2.03 bits per heavy atom. The average Bonchev–Trinajstić information content (AvgIpc) is 3.07. The molecule has 3 rings (SSSR count). The average molecular weight is 416 g/mol. The molecule has 0 unspecified atom stereocenters. The molecule has 2 heterocycles. The van der Waals surface area contributed by atoms with E-state index in [9.17, 15) is 14.4 Å². The molecule has 1 aromatic heterocycles. The van der Waals surface area contributed by atoms with E-state index in [-0.39, 0.29) is 24.0 Å². The van der Waals surface area contributed by atoms with Crippen LogP contribution in [0.15, 0.2) is 36.5 Å². The Balaban J connectivity index is 1.62. The Labute approximate surface area is 174 Å². The van der Waals surface area contributed by atoms with Crippen LogP contribution in [0.25, 0.3) is 0 Å². The maximum Gasteiger partial charge on any atom is 0.312 e. The molecule has 8 heteroatoms. The summed E-state index contributed by atoms with van der Waals surface area (Å²) in [7, 11) is 0. The van der Waals surface area contributed by atoms with E-state index in [1.165, 1.54) is 13.1 Å².